The summed E-state index contributed by atoms with van der Waals surface area (Å²) in [6.45, 7) is 1.78. The average molecular weight is 182 g/mol. The van der Waals surface area contributed by atoms with Gasteiger partial charge in [-0.3, -0.25) is 0 Å². The zero-order valence-corrected chi connectivity index (χ0v) is 7.28. The van der Waals surface area contributed by atoms with E-state index in [2.05, 4.69) is 0 Å². The Morgan fingerprint density at radius 1 is 1.31 bits per heavy atom. The lowest BCUT2D eigenvalue weighted by atomic mass is 9.80. The quantitative estimate of drug-likeness (QED) is 0.485. The predicted octanol–water partition coefficient (Wildman–Crippen LogP) is -1.54. The topological polar surface area (TPSA) is 80.3 Å². The Morgan fingerprint density at radius 3 is 2.31 bits per heavy atom. The number of carbonyl (C=O) groups is 2. The molecule has 4 heteroatoms. The van der Waals surface area contributed by atoms with Gasteiger partial charge in [-0.05, 0) is 19.8 Å². The van der Waals surface area contributed by atoms with E-state index in [9.17, 15) is 19.8 Å². The molecule has 2 atom stereocenters. The molecule has 0 aliphatic heterocycles. The van der Waals surface area contributed by atoms with Crippen LogP contribution in [0.15, 0.2) is 11.6 Å². The van der Waals surface area contributed by atoms with E-state index in [1.54, 1.807) is 13.0 Å². The number of hydrogen-bond acceptors (Lipinski definition) is 4. The molecule has 0 spiro atoms. The van der Waals surface area contributed by atoms with Crippen LogP contribution in [0.1, 0.15) is 19.8 Å². The van der Waals surface area contributed by atoms with E-state index >= 15 is 0 Å². The van der Waals surface area contributed by atoms with Gasteiger partial charge in [-0.15, -0.1) is 0 Å². The third kappa shape index (κ3) is 2.08. The van der Waals surface area contributed by atoms with Gasteiger partial charge in [0, 0.05) is 23.8 Å². The molecule has 0 unspecified atom stereocenters. The minimum absolute atomic E-state index is 0.229. The van der Waals surface area contributed by atoms with Crippen LogP contribution in [0, 0.1) is 11.8 Å². The standard InChI is InChI=1S/C9H12O4/c1-5-2-3-6(8(10)11)7(4-5)9(12)13/h2,6-7H,3-4H2,1H3,(H,10,11)(H,12,13)/p-2/t6-,7+/m0/s1. The first-order chi connectivity index (χ1) is 6.02. The van der Waals surface area contributed by atoms with Gasteiger partial charge in [-0.25, -0.2) is 0 Å². The lowest BCUT2D eigenvalue weighted by Crippen LogP contribution is -2.45. The first-order valence-corrected chi connectivity index (χ1v) is 4.09. The van der Waals surface area contributed by atoms with Crippen molar-refractivity contribution in [2.45, 2.75) is 19.8 Å². The number of carboxylic acid groups (broad SMARTS) is 2. The summed E-state index contributed by atoms with van der Waals surface area (Å²) in [6.07, 6.45) is 2.22. The number of hydrogen-bond donors (Lipinski definition) is 0. The normalized spacial score (nSPS) is 27.9. The van der Waals surface area contributed by atoms with Crippen molar-refractivity contribution in [3.8, 4) is 0 Å². The van der Waals surface area contributed by atoms with Crippen LogP contribution in [0.2, 0.25) is 0 Å². The van der Waals surface area contributed by atoms with Crippen molar-refractivity contribution in [2.24, 2.45) is 11.8 Å². The van der Waals surface area contributed by atoms with Crippen LogP contribution in [0.4, 0.5) is 0 Å². The van der Waals surface area contributed by atoms with Crippen LogP contribution in [-0.4, -0.2) is 11.9 Å². The second-order valence-electron chi connectivity index (χ2n) is 3.34. The fourth-order valence-electron chi connectivity index (χ4n) is 1.57. The van der Waals surface area contributed by atoms with E-state index in [1.807, 2.05) is 0 Å². The van der Waals surface area contributed by atoms with Crippen LogP contribution in [0.25, 0.3) is 0 Å². The van der Waals surface area contributed by atoms with Gasteiger partial charge in [0.25, 0.3) is 0 Å². The Balaban J connectivity index is 2.83. The zero-order chi connectivity index (χ0) is 10.0. The summed E-state index contributed by atoms with van der Waals surface area (Å²) in [5, 5.41) is 21.1. The molecule has 0 fully saturated rings. The van der Waals surface area contributed by atoms with Crippen molar-refractivity contribution in [2.75, 3.05) is 0 Å². The average Bonchev–Trinajstić information content (AvgIpc) is 2.03. The van der Waals surface area contributed by atoms with Crippen LogP contribution >= 0.6 is 0 Å². The van der Waals surface area contributed by atoms with Gasteiger partial charge in [0.2, 0.25) is 0 Å². The highest BCUT2D eigenvalue weighted by Crippen LogP contribution is 2.28. The largest absolute Gasteiger partial charge is 0.550 e. The molecule has 0 saturated heterocycles. The second-order valence-corrected chi connectivity index (χ2v) is 3.34. The van der Waals surface area contributed by atoms with E-state index in [4.69, 9.17) is 0 Å². The summed E-state index contributed by atoms with van der Waals surface area (Å²) in [4.78, 5) is 21.1. The van der Waals surface area contributed by atoms with Crippen LogP contribution < -0.4 is 10.2 Å². The summed E-state index contributed by atoms with van der Waals surface area (Å²) in [6, 6.07) is 0. The number of rotatable bonds is 2. The van der Waals surface area contributed by atoms with Gasteiger partial charge < -0.3 is 19.8 Å². The smallest absolute Gasteiger partial charge is 0.0455 e. The Labute approximate surface area is 75.9 Å². The molecule has 0 amide bonds. The molecule has 0 heterocycles. The zero-order valence-electron chi connectivity index (χ0n) is 7.28. The molecular formula is C9H10O4-2. The van der Waals surface area contributed by atoms with Gasteiger partial charge >= 0.3 is 0 Å². The molecular weight excluding hydrogens is 172 g/mol. The molecule has 0 saturated carbocycles. The summed E-state index contributed by atoms with van der Waals surface area (Å²) in [5.74, 6) is -4.48. The molecule has 72 valence electrons. The lowest BCUT2D eigenvalue weighted by Gasteiger charge is -2.31. The maximum atomic E-state index is 10.6. The van der Waals surface area contributed by atoms with E-state index < -0.39 is 23.8 Å². The molecule has 0 N–H and O–H groups in total. The minimum Gasteiger partial charge on any atom is -0.550 e. The van der Waals surface area contributed by atoms with Crippen molar-refractivity contribution in [1.82, 2.24) is 0 Å². The Morgan fingerprint density at radius 2 is 1.85 bits per heavy atom. The fraction of sp³-hybridized carbons (Fsp3) is 0.556. The molecule has 13 heavy (non-hydrogen) atoms. The molecule has 1 aliphatic carbocycles. The highest BCUT2D eigenvalue weighted by atomic mass is 16.4. The Hall–Kier alpha value is -1.32. The monoisotopic (exact) mass is 182 g/mol. The molecule has 0 bridgehead atoms. The van der Waals surface area contributed by atoms with Gasteiger partial charge in [-0.1, -0.05) is 11.6 Å². The van der Waals surface area contributed by atoms with E-state index in [-0.39, 0.29) is 12.8 Å². The van der Waals surface area contributed by atoms with Crippen molar-refractivity contribution < 1.29 is 19.8 Å². The number of carboxylic acids is 2. The summed E-state index contributed by atoms with van der Waals surface area (Å²) in [5.41, 5.74) is 0.895. The van der Waals surface area contributed by atoms with Gasteiger partial charge in [-0.2, -0.15) is 0 Å². The number of aliphatic carboxylic acids is 2. The third-order valence-corrected chi connectivity index (χ3v) is 2.35. The van der Waals surface area contributed by atoms with Gasteiger partial charge in [0.15, 0.2) is 0 Å². The van der Waals surface area contributed by atoms with Crippen molar-refractivity contribution in [3.05, 3.63) is 11.6 Å². The van der Waals surface area contributed by atoms with Gasteiger partial charge in [0.1, 0.15) is 0 Å². The molecule has 1 rings (SSSR count). The van der Waals surface area contributed by atoms with E-state index in [1.165, 1.54) is 0 Å². The van der Waals surface area contributed by atoms with Crippen LogP contribution in [-0.2, 0) is 9.59 Å². The summed E-state index contributed by atoms with van der Waals surface area (Å²) in [7, 11) is 0. The molecule has 0 aromatic heterocycles. The lowest BCUT2D eigenvalue weighted by molar-refractivity contribution is -0.326. The van der Waals surface area contributed by atoms with Gasteiger partial charge in [0.05, 0.1) is 0 Å². The molecule has 0 aromatic carbocycles. The van der Waals surface area contributed by atoms with Crippen LogP contribution in [0.5, 0.6) is 0 Å². The highest BCUT2D eigenvalue weighted by molar-refractivity contribution is 5.78. The number of allylic oxidation sites excluding steroid dienone is 2. The van der Waals surface area contributed by atoms with Crippen molar-refractivity contribution in [3.63, 3.8) is 0 Å². The fourth-order valence-corrected chi connectivity index (χ4v) is 1.57. The SMILES string of the molecule is CC1=CC[C@H](C(=O)[O-])[C@H](C(=O)[O-])C1. The molecule has 4 nitrogen and oxygen atoms in total. The molecule has 1 aliphatic rings. The van der Waals surface area contributed by atoms with Crippen molar-refractivity contribution in [1.29, 1.82) is 0 Å². The third-order valence-electron chi connectivity index (χ3n) is 2.35. The van der Waals surface area contributed by atoms with Crippen LogP contribution in [0.3, 0.4) is 0 Å². The Kier molecular flexibility index (Phi) is 2.70. The predicted molar refractivity (Wildman–Crippen MR) is 40.0 cm³/mol. The summed E-state index contributed by atoms with van der Waals surface area (Å²) >= 11 is 0. The van der Waals surface area contributed by atoms with E-state index in [0.717, 1.165) is 5.57 Å². The highest BCUT2D eigenvalue weighted by Gasteiger charge is 2.26. The molecule has 0 radical (unpaired) electrons. The second kappa shape index (κ2) is 3.60. The Bertz CT molecular complexity index is 267. The maximum Gasteiger partial charge on any atom is 0.0455 e. The molecule has 0 aromatic rings. The van der Waals surface area contributed by atoms with Crippen molar-refractivity contribution >= 4 is 11.9 Å². The first kappa shape index (κ1) is 9.77. The first-order valence-electron chi connectivity index (χ1n) is 4.09. The number of carbonyl (C=O) groups excluding carboxylic acids is 2. The minimum atomic E-state index is -1.31. The maximum absolute atomic E-state index is 10.6. The van der Waals surface area contributed by atoms with E-state index in [0.29, 0.717) is 0 Å². The summed E-state index contributed by atoms with van der Waals surface area (Å²) < 4.78 is 0.